The molecule has 1 aliphatic carbocycles. The first-order valence-corrected chi connectivity index (χ1v) is 4.68. The van der Waals surface area contributed by atoms with Crippen LogP contribution in [-0.4, -0.2) is 12.6 Å². The molecule has 1 N–H and O–H groups in total. The number of hydrogen-bond acceptors (Lipinski definition) is 2. The molecule has 2 heteroatoms. The minimum Gasteiger partial charge on any atom is -0.465 e. The fourth-order valence-electron chi connectivity index (χ4n) is 1.69. The van der Waals surface area contributed by atoms with Crippen LogP contribution in [0, 0.1) is 0 Å². The van der Waals surface area contributed by atoms with Gasteiger partial charge in [-0.2, -0.15) is 0 Å². The second-order valence-electron chi connectivity index (χ2n) is 3.67. The summed E-state index contributed by atoms with van der Waals surface area (Å²) in [6, 6.07) is 3.90. The Hall–Kier alpha value is -1.02. The monoisotopic (exact) mass is 177 g/mol. The molecule has 1 saturated carbocycles. The summed E-state index contributed by atoms with van der Waals surface area (Å²) in [5.41, 5.74) is 1.64. The normalized spacial score (nSPS) is 20.3. The third-order valence-electron chi connectivity index (χ3n) is 2.89. The fourth-order valence-corrected chi connectivity index (χ4v) is 1.69. The molecule has 13 heavy (non-hydrogen) atoms. The lowest BCUT2D eigenvalue weighted by atomic mass is 10.1. The molecule has 0 saturated heterocycles. The maximum Gasteiger partial charge on any atom is 0.126 e. The van der Waals surface area contributed by atoms with Gasteiger partial charge in [0.25, 0.3) is 0 Å². The molecule has 0 unspecified atom stereocenters. The lowest BCUT2D eigenvalue weighted by Gasteiger charge is -2.14. The maximum atomic E-state index is 5.27. The molecule has 0 aromatic carbocycles. The number of hydrogen-bond donors (Lipinski definition) is 1. The zero-order valence-electron chi connectivity index (χ0n) is 8.13. The zero-order chi connectivity index (χ0) is 9.31. The molecule has 70 valence electrons. The van der Waals surface area contributed by atoms with Crippen molar-refractivity contribution >= 4 is 6.08 Å². The molecule has 1 aromatic rings. The van der Waals surface area contributed by atoms with Crippen LogP contribution in [0.1, 0.15) is 25.5 Å². The molecule has 0 spiro atoms. The average Bonchev–Trinajstić information content (AvgIpc) is 2.79. The smallest absolute Gasteiger partial charge is 0.126 e. The molecule has 1 fully saturated rings. The Balaban J connectivity index is 2.17. The first kappa shape index (κ1) is 8.57. The molecular formula is C11H15NO. The van der Waals surface area contributed by atoms with Crippen molar-refractivity contribution in [3.8, 4) is 0 Å². The van der Waals surface area contributed by atoms with Gasteiger partial charge < -0.3 is 9.73 Å². The standard InChI is InChI=1S/C11H15NO/c1-9(11(12-2)5-6-11)8-10-4-3-7-13-10/h3-4,7-8,12H,5-6H2,1-2H3/b9-8+. The molecular weight excluding hydrogens is 162 g/mol. The molecule has 2 nitrogen and oxygen atoms in total. The van der Waals surface area contributed by atoms with Crippen molar-refractivity contribution in [3.05, 3.63) is 29.7 Å². The Morgan fingerprint density at radius 2 is 2.38 bits per heavy atom. The van der Waals surface area contributed by atoms with Gasteiger partial charge >= 0.3 is 0 Å². The van der Waals surface area contributed by atoms with Gasteiger partial charge in [-0.15, -0.1) is 0 Å². The van der Waals surface area contributed by atoms with Crippen LogP contribution in [0.25, 0.3) is 6.08 Å². The molecule has 2 rings (SSSR count). The highest BCUT2D eigenvalue weighted by Crippen LogP contribution is 2.42. The molecule has 0 atom stereocenters. The van der Waals surface area contributed by atoms with Gasteiger partial charge in [0.2, 0.25) is 0 Å². The summed E-state index contributed by atoms with van der Waals surface area (Å²) >= 11 is 0. The SMILES string of the molecule is CNC1(/C(C)=C/c2ccco2)CC1. The van der Waals surface area contributed by atoms with Crippen LogP contribution in [0.5, 0.6) is 0 Å². The summed E-state index contributed by atoms with van der Waals surface area (Å²) in [5, 5.41) is 3.35. The number of likely N-dealkylation sites (N-methyl/N-ethyl adjacent to an activating group) is 1. The van der Waals surface area contributed by atoms with Crippen molar-refractivity contribution < 1.29 is 4.42 Å². The molecule has 0 amide bonds. The van der Waals surface area contributed by atoms with Gasteiger partial charge in [-0.25, -0.2) is 0 Å². The van der Waals surface area contributed by atoms with Crippen molar-refractivity contribution in [2.45, 2.75) is 25.3 Å². The highest BCUT2D eigenvalue weighted by atomic mass is 16.3. The van der Waals surface area contributed by atoms with Gasteiger partial charge in [-0.05, 0) is 50.6 Å². The van der Waals surface area contributed by atoms with Crippen LogP contribution in [0.2, 0.25) is 0 Å². The van der Waals surface area contributed by atoms with E-state index in [0.717, 1.165) is 5.76 Å². The molecule has 0 aliphatic heterocycles. The first-order valence-electron chi connectivity index (χ1n) is 4.68. The Morgan fingerprint density at radius 1 is 1.62 bits per heavy atom. The molecule has 0 bridgehead atoms. The van der Waals surface area contributed by atoms with Crippen LogP contribution in [-0.2, 0) is 0 Å². The van der Waals surface area contributed by atoms with E-state index in [9.17, 15) is 0 Å². The fraction of sp³-hybridized carbons (Fsp3) is 0.455. The quantitative estimate of drug-likeness (QED) is 0.767. The lowest BCUT2D eigenvalue weighted by molar-refractivity contribution is 0.554. The lowest BCUT2D eigenvalue weighted by Crippen LogP contribution is -2.28. The summed E-state index contributed by atoms with van der Waals surface area (Å²) in [4.78, 5) is 0. The van der Waals surface area contributed by atoms with Crippen LogP contribution in [0.3, 0.4) is 0 Å². The predicted octanol–water partition coefficient (Wildman–Crippen LogP) is 2.43. The number of rotatable bonds is 3. The Kier molecular flexibility index (Phi) is 2.00. The average molecular weight is 177 g/mol. The van der Waals surface area contributed by atoms with Gasteiger partial charge in [0.15, 0.2) is 0 Å². The van der Waals surface area contributed by atoms with Crippen LogP contribution in [0.15, 0.2) is 28.4 Å². The van der Waals surface area contributed by atoms with Crippen molar-refractivity contribution in [1.82, 2.24) is 5.32 Å². The van der Waals surface area contributed by atoms with Crippen molar-refractivity contribution in [3.63, 3.8) is 0 Å². The van der Waals surface area contributed by atoms with Gasteiger partial charge in [0, 0.05) is 5.54 Å². The Labute approximate surface area is 78.6 Å². The third-order valence-corrected chi connectivity index (χ3v) is 2.89. The van der Waals surface area contributed by atoms with E-state index in [-0.39, 0.29) is 5.54 Å². The van der Waals surface area contributed by atoms with E-state index in [4.69, 9.17) is 4.42 Å². The second kappa shape index (κ2) is 3.04. The van der Waals surface area contributed by atoms with E-state index >= 15 is 0 Å². The topological polar surface area (TPSA) is 25.2 Å². The van der Waals surface area contributed by atoms with E-state index in [0.29, 0.717) is 0 Å². The highest BCUT2D eigenvalue weighted by Gasteiger charge is 2.42. The summed E-state index contributed by atoms with van der Waals surface area (Å²) < 4.78 is 5.27. The van der Waals surface area contributed by atoms with Crippen molar-refractivity contribution in [2.24, 2.45) is 0 Å². The summed E-state index contributed by atoms with van der Waals surface area (Å²) in [7, 11) is 2.02. The first-order chi connectivity index (χ1) is 6.27. The van der Waals surface area contributed by atoms with Gasteiger partial charge in [0.1, 0.15) is 5.76 Å². The minimum atomic E-state index is 0.271. The van der Waals surface area contributed by atoms with E-state index in [1.165, 1.54) is 18.4 Å². The van der Waals surface area contributed by atoms with Crippen LogP contribution < -0.4 is 5.32 Å². The van der Waals surface area contributed by atoms with Crippen molar-refractivity contribution in [2.75, 3.05) is 7.05 Å². The predicted molar refractivity (Wildman–Crippen MR) is 53.4 cm³/mol. The van der Waals surface area contributed by atoms with Gasteiger partial charge in [-0.1, -0.05) is 0 Å². The molecule has 1 aliphatic rings. The van der Waals surface area contributed by atoms with E-state index in [2.05, 4.69) is 18.3 Å². The molecule has 0 radical (unpaired) electrons. The van der Waals surface area contributed by atoms with E-state index in [1.807, 2.05) is 19.2 Å². The van der Waals surface area contributed by atoms with Crippen LogP contribution >= 0.6 is 0 Å². The second-order valence-corrected chi connectivity index (χ2v) is 3.67. The van der Waals surface area contributed by atoms with E-state index in [1.54, 1.807) is 6.26 Å². The Bertz CT molecular complexity index is 307. The summed E-state index contributed by atoms with van der Waals surface area (Å²) in [6.45, 7) is 2.16. The Morgan fingerprint density at radius 3 is 2.85 bits per heavy atom. The van der Waals surface area contributed by atoms with Crippen molar-refractivity contribution in [1.29, 1.82) is 0 Å². The molecule has 1 heterocycles. The largest absolute Gasteiger partial charge is 0.465 e. The third kappa shape index (κ3) is 1.54. The summed E-state index contributed by atoms with van der Waals surface area (Å²) in [6.07, 6.45) is 6.31. The zero-order valence-corrected chi connectivity index (χ0v) is 8.13. The minimum absolute atomic E-state index is 0.271. The van der Waals surface area contributed by atoms with Gasteiger partial charge in [-0.3, -0.25) is 0 Å². The highest BCUT2D eigenvalue weighted by molar-refractivity contribution is 5.52. The number of nitrogens with one attached hydrogen (secondary N) is 1. The number of furan rings is 1. The van der Waals surface area contributed by atoms with E-state index < -0.39 is 0 Å². The summed E-state index contributed by atoms with van der Waals surface area (Å²) in [5.74, 6) is 0.944. The van der Waals surface area contributed by atoms with Gasteiger partial charge in [0.05, 0.1) is 6.26 Å². The van der Waals surface area contributed by atoms with Crippen LogP contribution in [0.4, 0.5) is 0 Å². The molecule has 1 aromatic heterocycles. The maximum absolute atomic E-state index is 5.27.